The van der Waals surface area contributed by atoms with Crippen molar-refractivity contribution in [3.63, 3.8) is 0 Å². The van der Waals surface area contributed by atoms with E-state index in [2.05, 4.69) is 0 Å². The number of ether oxygens (including phenoxy) is 1. The molecule has 0 spiro atoms. The Morgan fingerprint density at radius 3 is 2.47 bits per heavy atom. The van der Waals surface area contributed by atoms with E-state index < -0.39 is 6.36 Å². The molecule has 0 fully saturated rings. The summed E-state index contributed by atoms with van der Waals surface area (Å²) in [5, 5.41) is 6.89. The maximum absolute atomic E-state index is 12.9. The lowest BCUT2D eigenvalue weighted by Gasteiger charge is -2.09. The summed E-state index contributed by atoms with van der Waals surface area (Å²) >= 11 is 0. The first kappa shape index (κ1) is 13.4. The number of benzene rings is 1. The van der Waals surface area contributed by atoms with Crippen LogP contribution in [0.2, 0.25) is 0 Å². The highest BCUT2D eigenvalue weighted by molar-refractivity contribution is 5.32. The molecule has 0 aliphatic carbocycles. The first-order chi connectivity index (χ1) is 7.24. The highest BCUT2D eigenvalue weighted by atomic mass is 19.1. The van der Waals surface area contributed by atoms with Gasteiger partial charge in [0.15, 0.2) is 0 Å². The zero-order valence-electron chi connectivity index (χ0n) is 8.60. The van der Waals surface area contributed by atoms with Crippen LogP contribution >= 0.6 is 0 Å². The van der Waals surface area contributed by atoms with E-state index >= 15 is 0 Å². The highest BCUT2D eigenvalue weighted by Gasteiger charge is 2.04. The third-order valence-electron chi connectivity index (χ3n) is 1.52. The lowest BCUT2D eigenvalue weighted by Crippen LogP contribution is -2.08. The highest BCUT2D eigenvalue weighted by Crippen LogP contribution is 2.13. The molecule has 0 aliphatic rings. The molecule has 4 heteroatoms. The second kappa shape index (κ2) is 8.99. The van der Waals surface area contributed by atoms with Crippen LogP contribution in [0.25, 0.3) is 0 Å². The second-order valence-electron chi connectivity index (χ2n) is 2.74. The Balaban J connectivity index is 0.000000583. The quantitative estimate of drug-likeness (QED) is 0.784. The molecular formula is C11H15FO3. The predicted molar refractivity (Wildman–Crippen MR) is 55.6 cm³/mol. The third kappa shape index (κ3) is 7.49. The summed E-state index contributed by atoms with van der Waals surface area (Å²) in [7, 11) is 0. The van der Waals surface area contributed by atoms with Crippen LogP contribution in [0.3, 0.4) is 0 Å². The van der Waals surface area contributed by atoms with E-state index in [1.165, 1.54) is 0 Å². The zero-order valence-corrected chi connectivity index (χ0v) is 8.60. The van der Waals surface area contributed by atoms with E-state index in [4.69, 9.17) is 14.6 Å². The maximum atomic E-state index is 12.9. The van der Waals surface area contributed by atoms with Gasteiger partial charge in [0, 0.05) is 6.42 Å². The Labute approximate surface area is 88.5 Å². The fraction of sp³-hybridized carbons (Fsp3) is 0.364. The molecule has 1 N–H and O–H groups in total. The SMILES string of the molecule is CCCC(F)Oc1ccccc1.O=CO. The molecule has 1 atom stereocenters. The number of carbonyl (C=O) groups is 1. The Morgan fingerprint density at radius 1 is 1.47 bits per heavy atom. The van der Waals surface area contributed by atoms with Crippen molar-refractivity contribution >= 4 is 6.47 Å². The largest absolute Gasteiger partial charge is 0.483 e. The number of para-hydroxylation sites is 1. The molecule has 3 nitrogen and oxygen atoms in total. The van der Waals surface area contributed by atoms with Crippen molar-refractivity contribution in [1.29, 1.82) is 0 Å². The van der Waals surface area contributed by atoms with Crippen molar-refractivity contribution in [1.82, 2.24) is 0 Å². The summed E-state index contributed by atoms with van der Waals surface area (Å²) in [5.74, 6) is 0.596. The van der Waals surface area contributed by atoms with E-state index in [0.717, 1.165) is 6.42 Å². The average molecular weight is 214 g/mol. The molecule has 0 radical (unpaired) electrons. The van der Waals surface area contributed by atoms with Crippen LogP contribution in [0, 0.1) is 0 Å². The molecular weight excluding hydrogens is 199 g/mol. The van der Waals surface area contributed by atoms with Crippen molar-refractivity contribution in [3.8, 4) is 5.75 Å². The van der Waals surface area contributed by atoms with Gasteiger partial charge < -0.3 is 9.84 Å². The fourth-order valence-electron chi connectivity index (χ4n) is 0.933. The van der Waals surface area contributed by atoms with E-state index in [0.29, 0.717) is 12.2 Å². The molecule has 0 saturated carbocycles. The summed E-state index contributed by atoms with van der Waals surface area (Å²) < 4.78 is 17.9. The van der Waals surface area contributed by atoms with Crippen molar-refractivity contribution < 1.29 is 19.0 Å². The first-order valence-corrected chi connectivity index (χ1v) is 4.68. The Morgan fingerprint density at radius 2 is 2.00 bits per heavy atom. The normalized spacial score (nSPS) is 10.8. The Hall–Kier alpha value is -1.58. The lowest BCUT2D eigenvalue weighted by atomic mass is 10.3. The summed E-state index contributed by atoms with van der Waals surface area (Å²) in [6.45, 7) is 1.68. The minimum absolute atomic E-state index is 0.250. The monoisotopic (exact) mass is 214 g/mol. The van der Waals surface area contributed by atoms with E-state index in [1.54, 1.807) is 12.1 Å². The van der Waals surface area contributed by atoms with Crippen LogP contribution in [0.1, 0.15) is 19.8 Å². The summed E-state index contributed by atoms with van der Waals surface area (Å²) in [6, 6.07) is 9.03. The van der Waals surface area contributed by atoms with Gasteiger partial charge in [-0.1, -0.05) is 25.1 Å². The zero-order chi connectivity index (χ0) is 11.5. The molecule has 0 saturated heterocycles. The number of carboxylic acid groups (broad SMARTS) is 1. The number of halogens is 1. The minimum Gasteiger partial charge on any atom is -0.483 e. The molecule has 1 rings (SSSR count). The summed E-state index contributed by atoms with van der Waals surface area (Å²) in [4.78, 5) is 8.36. The van der Waals surface area contributed by atoms with Gasteiger partial charge in [0.2, 0.25) is 6.36 Å². The lowest BCUT2D eigenvalue weighted by molar-refractivity contribution is -0.122. The molecule has 84 valence electrons. The van der Waals surface area contributed by atoms with Gasteiger partial charge in [0.1, 0.15) is 5.75 Å². The van der Waals surface area contributed by atoms with Crippen LogP contribution in [0.4, 0.5) is 4.39 Å². The molecule has 1 aromatic carbocycles. The van der Waals surface area contributed by atoms with Crippen LogP contribution in [0.5, 0.6) is 5.75 Å². The molecule has 1 aromatic rings. The topological polar surface area (TPSA) is 46.5 Å². The number of hydrogen-bond donors (Lipinski definition) is 1. The van der Waals surface area contributed by atoms with Crippen molar-refractivity contribution in [2.45, 2.75) is 26.1 Å². The van der Waals surface area contributed by atoms with Crippen LogP contribution < -0.4 is 4.74 Å². The van der Waals surface area contributed by atoms with Crippen LogP contribution in [-0.4, -0.2) is 17.9 Å². The minimum atomic E-state index is -1.17. The van der Waals surface area contributed by atoms with Gasteiger partial charge in [-0.3, -0.25) is 4.79 Å². The first-order valence-electron chi connectivity index (χ1n) is 4.68. The van der Waals surface area contributed by atoms with Gasteiger partial charge in [-0.05, 0) is 18.6 Å². The Bertz CT molecular complexity index is 251. The molecule has 15 heavy (non-hydrogen) atoms. The Kier molecular flexibility index (Phi) is 8.05. The molecule has 0 bridgehead atoms. The van der Waals surface area contributed by atoms with Crippen molar-refractivity contribution in [3.05, 3.63) is 30.3 Å². The van der Waals surface area contributed by atoms with Gasteiger partial charge >= 0.3 is 0 Å². The maximum Gasteiger partial charge on any atom is 0.290 e. The fourth-order valence-corrected chi connectivity index (χ4v) is 0.933. The van der Waals surface area contributed by atoms with Gasteiger partial charge in [-0.25, -0.2) is 4.39 Å². The summed E-state index contributed by atoms with van der Waals surface area (Å²) in [6.07, 6.45) is 0.0838. The number of hydrogen-bond acceptors (Lipinski definition) is 2. The van der Waals surface area contributed by atoms with Gasteiger partial charge in [-0.2, -0.15) is 0 Å². The van der Waals surface area contributed by atoms with Crippen LogP contribution in [-0.2, 0) is 4.79 Å². The molecule has 1 unspecified atom stereocenters. The third-order valence-corrected chi connectivity index (χ3v) is 1.52. The molecule has 0 heterocycles. The number of alkyl halides is 1. The standard InChI is InChI=1S/C10H13FO.CH2O2/c1-2-6-10(11)12-9-7-4-3-5-8-9;2-1-3/h3-5,7-8,10H,2,6H2,1H3;1H,(H,2,3). The van der Waals surface area contributed by atoms with E-state index in [-0.39, 0.29) is 6.47 Å². The van der Waals surface area contributed by atoms with Crippen LogP contribution in [0.15, 0.2) is 30.3 Å². The van der Waals surface area contributed by atoms with Gasteiger partial charge in [0.05, 0.1) is 0 Å². The predicted octanol–water partition coefficient (Wildman–Crippen LogP) is 2.86. The summed E-state index contributed by atoms with van der Waals surface area (Å²) in [5.41, 5.74) is 0. The molecule has 0 aromatic heterocycles. The van der Waals surface area contributed by atoms with E-state index in [1.807, 2.05) is 25.1 Å². The molecule has 0 aliphatic heterocycles. The molecule has 0 amide bonds. The van der Waals surface area contributed by atoms with Crippen molar-refractivity contribution in [2.75, 3.05) is 0 Å². The number of rotatable bonds is 4. The van der Waals surface area contributed by atoms with E-state index in [9.17, 15) is 4.39 Å². The van der Waals surface area contributed by atoms with Gasteiger partial charge in [0.25, 0.3) is 6.47 Å². The average Bonchev–Trinajstić information content (AvgIpc) is 2.20. The second-order valence-corrected chi connectivity index (χ2v) is 2.74. The smallest absolute Gasteiger partial charge is 0.290 e. The van der Waals surface area contributed by atoms with Crippen molar-refractivity contribution in [2.24, 2.45) is 0 Å². The van der Waals surface area contributed by atoms with Gasteiger partial charge in [-0.15, -0.1) is 0 Å².